The Labute approximate surface area is 178 Å². The summed E-state index contributed by atoms with van der Waals surface area (Å²) in [6.45, 7) is 12.1. The van der Waals surface area contributed by atoms with Crippen molar-refractivity contribution >= 4 is 0 Å². The first-order valence-corrected chi connectivity index (χ1v) is 12.3. The minimum absolute atomic E-state index is 0.158. The highest BCUT2D eigenvalue weighted by Gasteiger charge is 2.81. The largest absolute Gasteiger partial charge is 0.393 e. The van der Waals surface area contributed by atoms with Crippen LogP contribution in [0.3, 0.4) is 0 Å². The summed E-state index contributed by atoms with van der Waals surface area (Å²) >= 11 is 0. The molecule has 0 aliphatic heterocycles. The van der Waals surface area contributed by atoms with Crippen LogP contribution in [0.2, 0.25) is 0 Å². The van der Waals surface area contributed by atoms with Crippen molar-refractivity contribution in [1.29, 1.82) is 0 Å². The van der Waals surface area contributed by atoms with Crippen LogP contribution in [0.5, 0.6) is 0 Å². The molecule has 2 spiro atoms. The maximum atomic E-state index is 11.2. The Bertz CT molecular complexity index is 719. The van der Waals surface area contributed by atoms with Gasteiger partial charge in [-0.3, -0.25) is 0 Å². The molecule has 0 bridgehead atoms. The quantitative estimate of drug-likeness (QED) is 0.687. The fourth-order valence-corrected chi connectivity index (χ4v) is 10.4. The van der Waals surface area contributed by atoms with Crippen molar-refractivity contribution < 1.29 is 5.11 Å². The lowest BCUT2D eigenvalue weighted by molar-refractivity contribution is -0.121. The molecule has 0 heterocycles. The Balaban J connectivity index is 1.50. The highest BCUT2D eigenvalue weighted by Crippen LogP contribution is 2.88. The van der Waals surface area contributed by atoms with Crippen LogP contribution >= 0.6 is 0 Å². The number of hydrogen-bond donors (Lipinski definition) is 2. The third kappa shape index (κ3) is 2.21. The lowest BCUT2D eigenvalue weighted by Gasteiger charge is -2.61. The number of likely N-dealkylation sites (N-methyl/N-ethyl adjacent to an activating group) is 1. The summed E-state index contributed by atoms with van der Waals surface area (Å²) in [5.41, 5.74) is 3.15. The van der Waals surface area contributed by atoms with Gasteiger partial charge >= 0.3 is 0 Å². The molecule has 5 rings (SSSR count). The van der Waals surface area contributed by atoms with E-state index in [1.165, 1.54) is 44.9 Å². The van der Waals surface area contributed by atoms with Gasteiger partial charge in [0, 0.05) is 18.0 Å². The van der Waals surface area contributed by atoms with E-state index in [0.29, 0.717) is 28.8 Å². The lowest BCUT2D eigenvalue weighted by atomic mass is 9.43. The third-order valence-corrected chi connectivity index (χ3v) is 11.9. The van der Waals surface area contributed by atoms with E-state index >= 15 is 0 Å². The molecule has 5 aliphatic rings. The van der Waals surface area contributed by atoms with Crippen molar-refractivity contribution in [3.8, 4) is 0 Å². The first kappa shape index (κ1) is 20.5. The van der Waals surface area contributed by atoms with Gasteiger partial charge in [-0.1, -0.05) is 26.0 Å². The predicted octanol–water partition coefficient (Wildman–Crippen LogP) is 4.46. The number of nitrogens with zero attached hydrogens (tertiary/aromatic N) is 1. The second kappa shape index (κ2) is 6.11. The van der Waals surface area contributed by atoms with Gasteiger partial charge in [-0.2, -0.15) is 0 Å². The second-order valence-electron chi connectivity index (χ2n) is 12.5. The van der Waals surface area contributed by atoms with E-state index in [0.717, 1.165) is 18.3 Å². The fraction of sp³-hybridized carbons (Fsp3) is 0.923. The maximum Gasteiger partial charge on any atom is 0.0594 e. The molecular formula is C26H44N2O. The number of aliphatic hydroxyl groups is 1. The van der Waals surface area contributed by atoms with Crippen LogP contribution in [0.4, 0.5) is 0 Å². The summed E-state index contributed by atoms with van der Waals surface area (Å²) < 4.78 is 0. The average molecular weight is 401 g/mol. The van der Waals surface area contributed by atoms with E-state index in [4.69, 9.17) is 0 Å². The number of hydrogen-bond acceptors (Lipinski definition) is 3. The first-order chi connectivity index (χ1) is 13.6. The lowest BCUT2D eigenvalue weighted by Crippen LogP contribution is -2.56. The van der Waals surface area contributed by atoms with Crippen molar-refractivity contribution in [3.63, 3.8) is 0 Å². The van der Waals surface area contributed by atoms with E-state index in [2.05, 4.69) is 58.7 Å². The van der Waals surface area contributed by atoms with Gasteiger partial charge in [0.1, 0.15) is 0 Å². The highest BCUT2D eigenvalue weighted by atomic mass is 16.3. The molecule has 5 fully saturated rings. The minimum Gasteiger partial charge on any atom is -0.393 e. The highest BCUT2D eigenvalue weighted by molar-refractivity contribution is 5.35. The van der Waals surface area contributed by atoms with Gasteiger partial charge in [0.2, 0.25) is 0 Å². The maximum absolute atomic E-state index is 11.2. The molecule has 29 heavy (non-hydrogen) atoms. The van der Waals surface area contributed by atoms with Gasteiger partial charge < -0.3 is 15.3 Å². The van der Waals surface area contributed by atoms with Gasteiger partial charge in [0.05, 0.1) is 6.10 Å². The summed E-state index contributed by atoms with van der Waals surface area (Å²) in [4.78, 5) is 2.41. The predicted molar refractivity (Wildman–Crippen MR) is 120 cm³/mol. The van der Waals surface area contributed by atoms with Gasteiger partial charge in [-0.25, -0.2) is 0 Å². The summed E-state index contributed by atoms with van der Waals surface area (Å²) in [6, 6.07) is 0.962. The molecule has 10 atom stereocenters. The summed E-state index contributed by atoms with van der Waals surface area (Å²) in [7, 11) is 6.53. The monoisotopic (exact) mass is 400 g/mol. The van der Waals surface area contributed by atoms with Gasteiger partial charge in [0.15, 0.2) is 0 Å². The Morgan fingerprint density at radius 1 is 1.07 bits per heavy atom. The molecule has 3 nitrogen and oxygen atoms in total. The number of fused-ring (bicyclic) bond motifs is 2. The smallest absolute Gasteiger partial charge is 0.0594 e. The van der Waals surface area contributed by atoms with Gasteiger partial charge in [-0.05, 0) is 113 Å². The van der Waals surface area contributed by atoms with E-state index < -0.39 is 0 Å². The molecule has 0 aromatic rings. The third-order valence-electron chi connectivity index (χ3n) is 11.9. The molecule has 3 heteroatoms. The molecule has 5 saturated carbocycles. The summed E-state index contributed by atoms with van der Waals surface area (Å²) in [5, 5.41) is 14.7. The van der Waals surface area contributed by atoms with Gasteiger partial charge in [0.25, 0.3) is 0 Å². The molecule has 5 aliphatic carbocycles. The van der Waals surface area contributed by atoms with Crippen LogP contribution in [0.1, 0.15) is 72.1 Å². The zero-order valence-electron chi connectivity index (χ0n) is 19.7. The van der Waals surface area contributed by atoms with Crippen LogP contribution in [0, 0.1) is 39.4 Å². The summed E-state index contributed by atoms with van der Waals surface area (Å²) in [6.07, 6.45) is 10.4. The molecule has 0 amide bonds. The Morgan fingerprint density at radius 3 is 2.45 bits per heavy atom. The average Bonchev–Trinajstić information content (AvgIpc) is 3.26. The van der Waals surface area contributed by atoms with E-state index in [9.17, 15) is 5.11 Å². The molecule has 0 unspecified atom stereocenters. The van der Waals surface area contributed by atoms with Crippen LogP contribution in [0.25, 0.3) is 0 Å². The molecule has 0 aromatic heterocycles. The van der Waals surface area contributed by atoms with E-state index in [1.54, 1.807) is 5.57 Å². The van der Waals surface area contributed by atoms with E-state index in [-0.39, 0.29) is 16.9 Å². The number of nitrogens with one attached hydrogen (secondary N) is 1. The van der Waals surface area contributed by atoms with Crippen molar-refractivity contribution in [1.82, 2.24) is 10.2 Å². The Kier molecular flexibility index (Phi) is 4.32. The van der Waals surface area contributed by atoms with Gasteiger partial charge in [-0.15, -0.1) is 0 Å². The SMILES string of the molecule is C=C1[C@H]2CC[C@H]3[C@]4(CC[C@]5(C)[C@@H]([C@H](C)NC)[C@H](O)C[C@@]35C)C[C@]24CC[C@@H]1N(C)C. The van der Waals surface area contributed by atoms with Crippen LogP contribution in [-0.4, -0.2) is 49.3 Å². The van der Waals surface area contributed by atoms with Crippen molar-refractivity contribution in [2.45, 2.75) is 90.3 Å². The molecule has 2 N–H and O–H groups in total. The second-order valence-corrected chi connectivity index (χ2v) is 12.5. The molecule has 0 radical (unpaired) electrons. The molecule has 164 valence electrons. The Morgan fingerprint density at radius 2 is 1.79 bits per heavy atom. The zero-order valence-corrected chi connectivity index (χ0v) is 19.7. The first-order valence-electron chi connectivity index (χ1n) is 12.3. The summed E-state index contributed by atoms with van der Waals surface area (Å²) in [5.74, 6) is 1.91. The minimum atomic E-state index is -0.158. The standard InChI is InChI=1S/C26H44N2O/c1-16-18-8-9-21-24(4)14-20(29)22(17(2)27-5)23(24,3)12-13-26(21)15-25(18,26)11-10-19(16)28(6)7/h17-22,27,29H,1,8-15H2,2-7H3/t17-,18+,19-,20+,21+,22-,23+,24-,25+,26-/m0/s1. The van der Waals surface area contributed by atoms with Crippen molar-refractivity contribution in [2.75, 3.05) is 21.1 Å². The molecule has 0 aromatic carbocycles. The van der Waals surface area contributed by atoms with Crippen molar-refractivity contribution in [2.24, 2.45) is 39.4 Å². The fourth-order valence-electron chi connectivity index (χ4n) is 10.4. The van der Waals surface area contributed by atoms with Crippen LogP contribution in [0.15, 0.2) is 12.2 Å². The molecular weight excluding hydrogens is 356 g/mol. The topological polar surface area (TPSA) is 35.5 Å². The van der Waals surface area contributed by atoms with Crippen molar-refractivity contribution in [3.05, 3.63) is 12.2 Å². The van der Waals surface area contributed by atoms with Crippen LogP contribution in [-0.2, 0) is 0 Å². The zero-order chi connectivity index (χ0) is 21.0. The molecule has 0 saturated heterocycles. The Hall–Kier alpha value is -0.380. The van der Waals surface area contributed by atoms with Crippen LogP contribution < -0.4 is 5.32 Å². The van der Waals surface area contributed by atoms with E-state index in [1.807, 2.05) is 0 Å². The number of aliphatic hydroxyl groups excluding tert-OH is 1. The normalized spacial score (nSPS) is 57.0. The number of rotatable bonds is 3.